The lowest BCUT2D eigenvalue weighted by Crippen LogP contribution is -2.23. The molecule has 14 heavy (non-hydrogen) atoms. The molecule has 2 atom stereocenters. The minimum atomic E-state index is 0.543. The van der Waals surface area contributed by atoms with Crippen LogP contribution in [0.15, 0.2) is 11.4 Å². The number of hydrogen-bond donors (Lipinski definition) is 1. The second-order valence-electron chi connectivity index (χ2n) is 3.71. The second kappa shape index (κ2) is 5.74. The molecule has 0 amide bonds. The van der Waals surface area contributed by atoms with Gasteiger partial charge in [0.05, 0.1) is 5.02 Å². The maximum absolute atomic E-state index is 6.10. The SMILES string of the molecule is CCNCC(C)C(C)c1sccc1Cl. The summed E-state index contributed by atoms with van der Waals surface area (Å²) in [4.78, 5) is 1.32. The van der Waals surface area contributed by atoms with Crippen molar-refractivity contribution >= 4 is 22.9 Å². The monoisotopic (exact) mass is 231 g/mol. The molecule has 1 heterocycles. The molecule has 1 nitrogen and oxygen atoms in total. The molecule has 0 radical (unpaired) electrons. The van der Waals surface area contributed by atoms with Crippen molar-refractivity contribution in [3.05, 3.63) is 21.3 Å². The van der Waals surface area contributed by atoms with Crippen LogP contribution in [0.5, 0.6) is 0 Å². The molecule has 1 N–H and O–H groups in total. The Hall–Kier alpha value is -0.0500. The number of hydrogen-bond acceptors (Lipinski definition) is 2. The summed E-state index contributed by atoms with van der Waals surface area (Å²) in [6.07, 6.45) is 0. The van der Waals surface area contributed by atoms with Crippen molar-refractivity contribution in [1.29, 1.82) is 0 Å². The van der Waals surface area contributed by atoms with Crippen LogP contribution in [0.4, 0.5) is 0 Å². The largest absolute Gasteiger partial charge is 0.317 e. The minimum absolute atomic E-state index is 0.543. The molecular weight excluding hydrogens is 214 g/mol. The van der Waals surface area contributed by atoms with Gasteiger partial charge in [-0.3, -0.25) is 0 Å². The summed E-state index contributed by atoms with van der Waals surface area (Å²) in [5, 5.41) is 6.36. The van der Waals surface area contributed by atoms with Crippen molar-refractivity contribution in [3.8, 4) is 0 Å². The van der Waals surface area contributed by atoms with E-state index in [1.54, 1.807) is 11.3 Å². The van der Waals surface area contributed by atoms with Gasteiger partial charge in [-0.05, 0) is 36.4 Å². The minimum Gasteiger partial charge on any atom is -0.317 e. The number of halogens is 1. The van der Waals surface area contributed by atoms with Crippen molar-refractivity contribution in [2.24, 2.45) is 5.92 Å². The Balaban J connectivity index is 2.56. The molecule has 0 fully saturated rings. The van der Waals surface area contributed by atoms with Crippen LogP contribution < -0.4 is 5.32 Å². The van der Waals surface area contributed by atoms with E-state index in [0.717, 1.165) is 18.1 Å². The number of thiophene rings is 1. The smallest absolute Gasteiger partial charge is 0.0547 e. The summed E-state index contributed by atoms with van der Waals surface area (Å²) >= 11 is 7.86. The average Bonchev–Trinajstić information content (AvgIpc) is 2.59. The van der Waals surface area contributed by atoms with E-state index in [0.29, 0.717) is 11.8 Å². The first-order valence-electron chi connectivity index (χ1n) is 5.10. The van der Waals surface area contributed by atoms with E-state index in [2.05, 4.69) is 31.5 Å². The molecule has 0 bridgehead atoms. The van der Waals surface area contributed by atoms with E-state index >= 15 is 0 Å². The van der Waals surface area contributed by atoms with Crippen LogP contribution in [-0.4, -0.2) is 13.1 Å². The highest BCUT2D eigenvalue weighted by molar-refractivity contribution is 7.10. The Morgan fingerprint density at radius 3 is 2.71 bits per heavy atom. The average molecular weight is 232 g/mol. The predicted octanol–water partition coefficient (Wildman–Crippen LogP) is 3.75. The van der Waals surface area contributed by atoms with Gasteiger partial charge in [0.25, 0.3) is 0 Å². The highest BCUT2D eigenvalue weighted by Crippen LogP contribution is 2.33. The van der Waals surface area contributed by atoms with Crippen molar-refractivity contribution in [2.45, 2.75) is 26.7 Å². The van der Waals surface area contributed by atoms with Gasteiger partial charge in [0, 0.05) is 4.88 Å². The molecule has 0 saturated carbocycles. The lowest BCUT2D eigenvalue weighted by Gasteiger charge is -2.19. The quantitative estimate of drug-likeness (QED) is 0.814. The molecule has 3 heteroatoms. The first-order chi connectivity index (χ1) is 6.66. The van der Waals surface area contributed by atoms with Crippen molar-refractivity contribution < 1.29 is 0 Å². The fourth-order valence-corrected chi connectivity index (χ4v) is 2.86. The highest BCUT2D eigenvalue weighted by Gasteiger charge is 2.17. The van der Waals surface area contributed by atoms with Gasteiger partial charge in [0.15, 0.2) is 0 Å². The van der Waals surface area contributed by atoms with Crippen LogP contribution in [0.3, 0.4) is 0 Å². The summed E-state index contributed by atoms with van der Waals surface area (Å²) in [6, 6.07) is 1.98. The van der Waals surface area contributed by atoms with Gasteiger partial charge in [-0.2, -0.15) is 0 Å². The van der Waals surface area contributed by atoms with Crippen LogP contribution in [0.25, 0.3) is 0 Å². The van der Waals surface area contributed by atoms with Gasteiger partial charge in [0.1, 0.15) is 0 Å². The summed E-state index contributed by atoms with van der Waals surface area (Å²) in [5.41, 5.74) is 0. The van der Waals surface area contributed by atoms with E-state index in [-0.39, 0.29) is 0 Å². The van der Waals surface area contributed by atoms with Crippen LogP contribution in [0, 0.1) is 5.92 Å². The van der Waals surface area contributed by atoms with Gasteiger partial charge in [-0.1, -0.05) is 32.4 Å². The Morgan fingerprint density at radius 2 is 2.21 bits per heavy atom. The molecule has 0 aliphatic heterocycles. The Kier molecular flexibility index (Phi) is 4.93. The zero-order chi connectivity index (χ0) is 10.6. The fraction of sp³-hybridized carbons (Fsp3) is 0.636. The highest BCUT2D eigenvalue weighted by atomic mass is 35.5. The topological polar surface area (TPSA) is 12.0 Å². The molecule has 1 aromatic heterocycles. The predicted molar refractivity (Wildman–Crippen MR) is 65.5 cm³/mol. The Labute approximate surface area is 95.5 Å². The third-order valence-corrected chi connectivity index (χ3v) is 4.19. The van der Waals surface area contributed by atoms with Gasteiger partial charge in [-0.25, -0.2) is 0 Å². The molecule has 0 saturated heterocycles. The lowest BCUT2D eigenvalue weighted by molar-refractivity contribution is 0.458. The fourth-order valence-electron chi connectivity index (χ4n) is 1.44. The van der Waals surface area contributed by atoms with Crippen molar-refractivity contribution in [2.75, 3.05) is 13.1 Å². The zero-order valence-electron chi connectivity index (χ0n) is 9.01. The molecule has 80 valence electrons. The molecule has 0 aliphatic rings. The standard InChI is InChI=1S/C11H18ClNS/c1-4-13-7-8(2)9(3)11-10(12)5-6-14-11/h5-6,8-9,13H,4,7H2,1-3H3. The Morgan fingerprint density at radius 1 is 1.50 bits per heavy atom. The number of nitrogens with one attached hydrogen (secondary N) is 1. The third kappa shape index (κ3) is 2.97. The van der Waals surface area contributed by atoms with Gasteiger partial charge in [-0.15, -0.1) is 11.3 Å². The Bertz CT molecular complexity index is 272. The summed E-state index contributed by atoms with van der Waals surface area (Å²) in [6.45, 7) is 8.75. The van der Waals surface area contributed by atoms with E-state index < -0.39 is 0 Å². The summed E-state index contributed by atoms with van der Waals surface area (Å²) in [5.74, 6) is 1.17. The van der Waals surface area contributed by atoms with Gasteiger partial charge < -0.3 is 5.32 Å². The van der Waals surface area contributed by atoms with Gasteiger partial charge >= 0.3 is 0 Å². The number of rotatable bonds is 5. The first kappa shape index (κ1) is 12.0. The molecule has 0 spiro atoms. The van der Waals surface area contributed by atoms with Gasteiger partial charge in [0.2, 0.25) is 0 Å². The lowest BCUT2D eigenvalue weighted by atomic mass is 9.94. The molecular formula is C11H18ClNS. The molecule has 1 aromatic rings. The molecule has 0 aliphatic carbocycles. The zero-order valence-corrected chi connectivity index (χ0v) is 10.6. The van der Waals surface area contributed by atoms with Crippen LogP contribution in [0.1, 0.15) is 31.6 Å². The first-order valence-corrected chi connectivity index (χ1v) is 6.36. The van der Waals surface area contributed by atoms with E-state index in [1.165, 1.54) is 4.88 Å². The maximum Gasteiger partial charge on any atom is 0.0547 e. The van der Waals surface area contributed by atoms with E-state index in [1.807, 2.05) is 6.07 Å². The third-order valence-electron chi connectivity index (χ3n) is 2.63. The molecule has 2 unspecified atom stereocenters. The normalized spacial score (nSPS) is 15.4. The molecule has 0 aromatic carbocycles. The van der Waals surface area contributed by atoms with E-state index in [9.17, 15) is 0 Å². The van der Waals surface area contributed by atoms with Crippen LogP contribution in [0.2, 0.25) is 5.02 Å². The maximum atomic E-state index is 6.10. The van der Waals surface area contributed by atoms with Crippen LogP contribution in [-0.2, 0) is 0 Å². The van der Waals surface area contributed by atoms with Crippen LogP contribution >= 0.6 is 22.9 Å². The van der Waals surface area contributed by atoms with Crippen molar-refractivity contribution in [3.63, 3.8) is 0 Å². The van der Waals surface area contributed by atoms with Crippen molar-refractivity contribution in [1.82, 2.24) is 5.32 Å². The second-order valence-corrected chi connectivity index (χ2v) is 5.06. The summed E-state index contributed by atoms with van der Waals surface area (Å²) < 4.78 is 0. The molecule has 1 rings (SSSR count). The summed E-state index contributed by atoms with van der Waals surface area (Å²) in [7, 11) is 0. The van der Waals surface area contributed by atoms with E-state index in [4.69, 9.17) is 11.6 Å².